The first-order valence-electron chi connectivity index (χ1n) is 9.97. The molecule has 0 aromatic heterocycles. The van der Waals surface area contributed by atoms with Crippen molar-refractivity contribution in [1.82, 2.24) is 21.3 Å². The number of carbonyl (C=O) groups excluding carboxylic acids is 3. The summed E-state index contributed by atoms with van der Waals surface area (Å²) >= 11 is 0. The van der Waals surface area contributed by atoms with Gasteiger partial charge in [0, 0.05) is 6.42 Å². The fraction of sp³-hybridized carbons (Fsp3) is 0.500. The Kier molecular flexibility index (Phi) is 8.76. The number of aliphatic hydroxyl groups is 1. The zero-order valence-electron chi connectivity index (χ0n) is 17.1. The van der Waals surface area contributed by atoms with Crippen molar-refractivity contribution in [3.05, 3.63) is 29.8 Å². The number of carboxylic acids is 1. The van der Waals surface area contributed by atoms with Crippen LogP contribution < -0.4 is 21.3 Å². The first kappa shape index (κ1) is 24.1. The highest BCUT2D eigenvalue weighted by molar-refractivity contribution is 5.94. The van der Waals surface area contributed by atoms with Crippen molar-refractivity contribution in [1.29, 1.82) is 0 Å². The second-order valence-electron chi connectivity index (χ2n) is 7.39. The number of phenols is 1. The summed E-state index contributed by atoms with van der Waals surface area (Å²) in [7, 11) is 0. The molecule has 1 aromatic carbocycles. The average molecular weight is 436 g/mol. The second-order valence-corrected chi connectivity index (χ2v) is 7.39. The lowest BCUT2D eigenvalue weighted by atomic mass is 10.0. The molecular weight excluding hydrogens is 408 g/mol. The zero-order chi connectivity index (χ0) is 23.0. The number of aliphatic hydroxyl groups excluding tert-OH is 1. The molecule has 1 aliphatic rings. The molecule has 11 nitrogen and oxygen atoms in total. The standard InChI is InChI=1S/C20H28N4O7/c1-11(20(30)31)22-19(29)16(10-25)24-18(28)15(9-12-4-6-13(26)7-5-12)23-17(27)14-3-2-8-21-14/h4-7,11,14-16,21,25-26H,2-3,8-10H2,1H3,(H,22,29)(H,23,27)(H,24,28)(H,30,31). The highest BCUT2D eigenvalue weighted by atomic mass is 16.4. The minimum Gasteiger partial charge on any atom is -0.508 e. The summed E-state index contributed by atoms with van der Waals surface area (Å²) in [5, 5.41) is 38.1. The molecule has 0 aliphatic carbocycles. The molecular formula is C20H28N4O7. The average Bonchev–Trinajstić information content (AvgIpc) is 3.27. The van der Waals surface area contributed by atoms with Crippen LogP contribution in [-0.4, -0.2) is 76.3 Å². The number of nitrogens with one attached hydrogen (secondary N) is 4. The SMILES string of the molecule is CC(NC(=O)C(CO)NC(=O)C(Cc1ccc(O)cc1)NC(=O)C1CCCN1)C(=O)O. The van der Waals surface area contributed by atoms with Gasteiger partial charge in [0.25, 0.3) is 0 Å². The molecule has 4 atom stereocenters. The maximum absolute atomic E-state index is 12.9. The number of aromatic hydroxyl groups is 1. The van der Waals surface area contributed by atoms with Gasteiger partial charge in [-0.1, -0.05) is 12.1 Å². The normalized spacial score (nSPS) is 18.5. The van der Waals surface area contributed by atoms with Gasteiger partial charge in [-0.15, -0.1) is 0 Å². The molecule has 1 aliphatic heterocycles. The van der Waals surface area contributed by atoms with Crippen LogP contribution in [0.2, 0.25) is 0 Å². The van der Waals surface area contributed by atoms with Gasteiger partial charge in [0.15, 0.2) is 0 Å². The van der Waals surface area contributed by atoms with Gasteiger partial charge in [0.2, 0.25) is 17.7 Å². The van der Waals surface area contributed by atoms with Gasteiger partial charge in [0.05, 0.1) is 12.6 Å². The van der Waals surface area contributed by atoms with E-state index < -0.39 is 48.6 Å². The molecule has 0 saturated carbocycles. The van der Waals surface area contributed by atoms with Gasteiger partial charge in [0.1, 0.15) is 23.9 Å². The Morgan fingerprint density at radius 3 is 2.26 bits per heavy atom. The van der Waals surface area contributed by atoms with Crippen LogP contribution in [0, 0.1) is 0 Å². The lowest BCUT2D eigenvalue weighted by Crippen LogP contribution is -2.58. The first-order valence-corrected chi connectivity index (χ1v) is 9.97. The van der Waals surface area contributed by atoms with Crippen molar-refractivity contribution >= 4 is 23.7 Å². The molecule has 1 aromatic rings. The van der Waals surface area contributed by atoms with Crippen LogP contribution in [0.3, 0.4) is 0 Å². The number of amides is 3. The number of carbonyl (C=O) groups is 4. The highest BCUT2D eigenvalue weighted by Crippen LogP contribution is 2.12. The van der Waals surface area contributed by atoms with E-state index >= 15 is 0 Å². The molecule has 4 unspecified atom stereocenters. The number of hydrogen-bond donors (Lipinski definition) is 7. The topological polar surface area (TPSA) is 177 Å². The third-order valence-electron chi connectivity index (χ3n) is 4.93. The van der Waals surface area contributed by atoms with Crippen LogP contribution in [-0.2, 0) is 25.6 Å². The summed E-state index contributed by atoms with van der Waals surface area (Å²) in [6.07, 6.45) is 1.55. The van der Waals surface area contributed by atoms with E-state index in [1.165, 1.54) is 19.1 Å². The molecule has 170 valence electrons. The number of rotatable bonds is 10. The molecule has 1 saturated heterocycles. The predicted octanol–water partition coefficient (Wildman–Crippen LogP) is -1.76. The number of carboxylic acid groups (broad SMARTS) is 1. The Morgan fingerprint density at radius 2 is 1.71 bits per heavy atom. The Labute approximate surface area is 179 Å². The summed E-state index contributed by atoms with van der Waals surface area (Å²) < 4.78 is 0. The van der Waals surface area contributed by atoms with Gasteiger partial charge in [-0.2, -0.15) is 0 Å². The molecule has 11 heteroatoms. The summed E-state index contributed by atoms with van der Waals surface area (Å²) in [6.45, 7) is 1.19. The summed E-state index contributed by atoms with van der Waals surface area (Å²) in [5.41, 5.74) is 0.655. The summed E-state index contributed by atoms with van der Waals surface area (Å²) in [4.78, 5) is 48.5. The Balaban J connectivity index is 2.11. The molecule has 0 spiro atoms. The van der Waals surface area contributed by atoms with Gasteiger partial charge in [-0.25, -0.2) is 0 Å². The molecule has 1 heterocycles. The Morgan fingerprint density at radius 1 is 1.06 bits per heavy atom. The monoisotopic (exact) mass is 436 g/mol. The van der Waals surface area contributed by atoms with E-state index in [0.29, 0.717) is 18.5 Å². The van der Waals surface area contributed by atoms with Crippen molar-refractivity contribution < 1.29 is 34.5 Å². The van der Waals surface area contributed by atoms with Crippen molar-refractivity contribution in [3.8, 4) is 5.75 Å². The summed E-state index contributed by atoms with van der Waals surface area (Å²) in [6, 6.07) is 2.00. The maximum Gasteiger partial charge on any atom is 0.325 e. The molecule has 31 heavy (non-hydrogen) atoms. The fourth-order valence-corrected chi connectivity index (χ4v) is 3.10. The van der Waals surface area contributed by atoms with E-state index in [1.807, 2.05) is 0 Å². The zero-order valence-corrected chi connectivity index (χ0v) is 17.1. The maximum atomic E-state index is 12.9. The van der Waals surface area contributed by atoms with Gasteiger partial charge < -0.3 is 36.6 Å². The van der Waals surface area contributed by atoms with Crippen LogP contribution in [0.4, 0.5) is 0 Å². The minimum absolute atomic E-state index is 0.0495. The summed E-state index contributed by atoms with van der Waals surface area (Å²) in [5.74, 6) is -3.15. The third kappa shape index (κ3) is 7.23. The van der Waals surface area contributed by atoms with Crippen LogP contribution >= 0.6 is 0 Å². The molecule has 7 N–H and O–H groups in total. The van der Waals surface area contributed by atoms with Crippen molar-refractivity contribution in [2.75, 3.05) is 13.2 Å². The first-order chi connectivity index (χ1) is 14.7. The minimum atomic E-state index is -1.39. The van der Waals surface area contributed by atoms with Crippen LogP contribution in [0.25, 0.3) is 0 Å². The van der Waals surface area contributed by atoms with Crippen molar-refractivity contribution in [2.24, 2.45) is 0 Å². The van der Waals surface area contributed by atoms with Crippen LogP contribution in [0.1, 0.15) is 25.3 Å². The van der Waals surface area contributed by atoms with Gasteiger partial charge in [-0.05, 0) is 44.0 Å². The smallest absolute Gasteiger partial charge is 0.325 e. The largest absolute Gasteiger partial charge is 0.508 e. The quantitative estimate of drug-likeness (QED) is 0.225. The number of benzene rings is 1. The Hall–Kier alpha value is -3.18. The van der Waals surface area contributed by atoms with Crippen molar-refractivity contribution in [2.45, 2.75) is 50.4 Å². The van der Waals surface area contributed by atoms with Gasteiger partial charge in [-0.3, -0.25) is 19.2 Å². The van der Waals surface area contributed by atoms with Crippen LogP contribution in [0.5, 0.6) is 5.75 Å². The highest BCUT2D eigenvalue weighted by Gasteiger charge is 2.30. The number of aliphatic carboxylic acids is 1. The number of phenolic OH excluding ortho intramolecular Hbond substituents is 1. The third-order valence-corrected chi connectivity index (χ3v) is 4.93. The fourth-order valence-electron chi connectivity index (χ4n) is 3.10. The molecule has 0 radical (unpaired) electrons. The molecule has 0 bridgehead atoms. The predicted molar refractivity (Wildman–Crippen MR) is 109 cm³/mol. The molecule has 2 rings (SSSR count). The van der Waals surface area contributed by atoms with E-state index in [1.54, 1.807) is 12.1 Å². The second kappa shape index (κ2) is 11.3. The van der Waals surface area contributed by atoms with Crippen LogP contribution in [0.15, 0.2) is 24.3 Å². The van der Waals surface area contributed by atoms with E-state index in [9.17, 15) is 29.4 Å². The lowest BCUT2D eigenvalue weighted by Gasteiger charge is -2.24. The molecule has 3 amide bonds. The van der Waals surface area contributed by atoms with Crippen molar-refractivity contribution in [3.63, 3.8) is 0 Å². The molecule has 1 fully saturated rings. The Bertz CT molecular complexity index is 793. The van der Waals surface area contributed by atoms with E-state index in [0.717, 1.165) is 6.42 Å². The van der Waals surface area contributed by atoms with E-state index in [-0.39, 0.29) is 18.1 Å². The lowest BCUT2D eigenvalue weighted by molar-refractivity contribution is -0.142. The van der Waals surface area contributed by atoms with E-state index in [4.69, 9.17) is 5.11 Å². The van der Waals surface area contributed by atoms with Gasteiger partial charge >= 0.3 is 5.97 Å². The van der Waals surface area contributed by atoms with E-state index in [2.05, 4.69) is 21.3 Å². The number of hydrogen-bond acceptors (Lipinski definition) is 7.